The van der Waals surface area contributed by atoms with Crippen molar-refractivity contribution < 1.29 is 13.2 Å². The molecule has 0 heterocycles. The molecule has 122 valence electrons. The molecule has 0 saturated carbocycles. The summed E-state index contributed by atoms with van der Waals surface area (Å²) in [5, 5.41) is 3.08. The van der Waals surface area contributed by atoms with Gasteiger partial charge in [-0.1, -0.05) is 47.5 Å². The summed E-state index contributed by atoms with van der Waals surface area (Å²) in [6.07, 6.45) is 0. The molecule has 0 spiro atoms. The first-order valence-corrected chi connectivity index (χ1v) is 8.77. The first-order chi connectivity index (χ1) is 10.8. The van der Waals surface area contributed by atoms with E-state index < -0.39 is 15.9 Å². The summed E-state index contributed by atoms with van der Waals surface area (Å²) in [5.41, 5.74) is 0.256. The summed E-state index contributed by atoms with van der Waals surface area (Å²) < 4.78 is 25.7. The third kappa shape index (κ3) is 4.23. The zero-order chi connectivity index (χ0) is 17.0. The zero-order valence-corrected chi connectivity index (χ0v) is 14.5. The van der Waals surface area contributed by atoms with Gasteiger partial charge in [0.15, 0.2) is 0 Å². The average molecular weight is 373 g/mol. The minimum Gasteiger partial charge on any atom is -0.322 e. The molecule has 0 bridgehead atoms. The van der Waals surface area contributed by atoms with Crippen LogP contribution >= 0.6 is 23.2 Å². The Balaban J connectivity index is 2.11. The average Bonchev–Trinajstić information content (AvgIpc) is 2.52. The number of likely N-dealkylation sites (N-methyl/N-ethyl adjacent to an activating group) is 1. The number of sulfonamides is 1. The van der Waals surface area contributed by atoms with Gasteiger partial charge in [-0.2, -0.15) is 4.31 Å². The highest BCUT2D eigenvalue weighted by Crippen LogP contribution is 2.29. The first-order valence-electron chi connectivity index (χ1n) is 6.57. The quantitative estimate of drug-likeness (QED) is 0.875. The largest absolute Gasteiger partial charge is 0.322 e. The second kappa shape index (κ2) is 7.31. The molecule has 8 heteroatoms. The van der Waals surface area contributed by atoms with E-state index >= 15 is 0 Å². The lowest BCUT2D eigenvalue weighted by Crippen LogP contribution is -2.35. The van der Waals surface area contributed by atoms with E-state index in [1.165, 1.54) is 19.2 Å². The Hall–Kier alpha value is -1.60. The molecule has 0 unspecified atom stereocenters. The van der Waals surface area contributed by atoms with Crippen LogP contribution in [0.25, 0.3) is 0 Å². The van der Waals surface area contributed by atoms with Crippen LogP contribution in [0.3, 0.4) is 0 Å². The van der Waals surface area contributed by atoms with Gasteiger partial charge in [0.1, 0.15) is 0 Å². The van der Waals surface area contributed by atoms with Crippen LogP contribution in [0, 0.1) is 0 Å². The fourth-order valence-electron chi connectivity index (χ4n) is 1.86. The van der Waals surface area contributed by atoms with Crippen LogP contribution in [-0.2, 0) is 14.8 Å². The SMILES string of the molecule is CN(CC(=O)Nc1c(Cl)cccc1Cl)S(=O)(=O)c1ccccc1. The van der Waals surface area contributed by atoms with E-state index in [1.807, 2.05) is 0 Å². The molecule has 1 N–H and O–H groups in total. The summed E-state index contributed by atoms with van der Waals surface area (Å²) in [6.45, 7) is -0.362. The van der Waals surface area contributed by atoms with Crippen molar-refractivity contribution in [3.63, 3.8) is 0 Å². The Morgan fingerprint density at radius 1 is 1.04 bits per heavy atom. The highest BCUT2D eigenvalue weighted by atomic mass is 35.5. The summed E-state index contributed by atoms with van der Waals surface area (Å²) in [4.78, 5) is 12.2. The van der Waals surface area contributed by atoms with Crippen molar-refractivity contribution >= 4 is 44.8 Å². The van der Waals surface area contributed by atoms with Crippen molar-refractivity contribution in [2.45, 2.75) is 4.90 Å². The fraction of sp³-hybridized carbons (Fsp3) is 0.133. The number of benzene rings is 2. The predicted molar refractivity (Wildman–Crippen MR) is 91.3 cm³/mol. The Bertz CT molecular complexity index is 790. The topological polar surface area (TPSA) is 66.5 Å². The Morgan fingerprint density at radius 3 is 2.17 bits per heavy atom. The molecule has 0 radical (unpaired) electrons. The predicted octanol–water partition coefficient (Wildman–Crippen LogP) is 3.25. The van der Waals surface area contributed by atoms with Crippen LogP contribution in [0.1, 0.15) is 0 Å². The third-order valence-corrected chi connectivity index (χ3v) is 5.49. The highest BCUT2D eigenvalue weighted by molar-refractivity contribution is 7.89. The summed E-state index contributed by atoms with van der Waals surface area (Å²) in [6, 6.07) is 12.7. The molecule has 0 aromatic heterocycles. The molecule has 2 aromatic carbocycles. The van der Waals surface area contributed by atoms with E-state index in [2.05, 4.69) is 5.32 Å². The van der Waals surface area contributed by atoms with Crippen molar-refractivity contribution in [2.24, 2.45) is 0 Å². The Kier molecular flexibility index (Phi) is 5.64. The molecule has 23 heavy (non-hydrogen) atoms. The van der Waals surface area contributed by atoms with Crippen LogP contribution in [0.5, 0.6) is 0 Å². The Labute approximate surface area is 144 Å². The smallest absolute Gasteiger partial charge is 0.243 e. The molecule has 0 aliphatic heterocycles. The van der Waals surface area contributed by atoms with Crippen LogP contribution in [-0.4, -0.2) is 32.2 Å². The molecular weight excluding hydrogens is 359 g/mol. The molecule has 0 atom stereocenters. The normalized spacial score (nSPS) is 11.5. The number of amides is 1. The monoisotopic (exact) mass is 372 g/mol. The lowest BCUT2D eigenvalue weighted by atomic mass is 10.3. The van der Waals surface area contributed by atoms with Gasteiger partial charge in [-0.25, -0.2) is 8.42 Å². The van der Waals surface area contributed by atoms with Crippen molar-refractivity contribution in [3.8, 4) is 0 Å². The molecular formula is C15H14Cl2N2O3S. The van der Waals surface area contributed by atoms with Crippen molar-refractivity contribution in [1.29, 1.82) is 0 Å². The van der Waals surface area contributed by atoms with Gasteiger partial charge in [0, 0.05) is 7.05 Å². The molecule has 1 amide bonds. The number of rotatable bonds is 5. The van der Waals surface area contributed by atoms with Gasteiger partial charge >= 0.3 is 0 Å². The number of nitrogens with zero attached hydrogens (tertiary/aromatic N) is 1. The number of halogens is 2. The molecule has 5 nitrogen and oxygen atoms in total. The first kappa shape index (κ1) is 17.7. The number of hydrogen-bond donors (Lipinski definition) is 1. The van der Waals surface area contributed by atoms with Gasteiger partial charge in [0.2, 0.25) is 15.9 Å². The van der Waals surface area contributed by atoms with E-state index in [9.17, 15) is 13.2 Å². The minimum absolute atomic E-state index is 0.117. The highest BCUT2D eigenvalue weighted by Gasteiger charge is 2.23. The second-order valence-electron chi connectivity index (χ2n) is 4.72. The van der Waals surface area contributed by atoms with E-state index in [0.29, 0.717) is 0 Å². The molecule has 0 aliphatic carbocycles. The number of anilines is 1. The standard InChI is InChI=1S/C15H14Cl2N2O3S/c1-19(23(21,22)11-6-3-2-4-7-11)10-14(20)18-15-12(16)8-5-9-13(15)17/h2-9H,10H2,1H3,(H,18,20). The number of carbonyl (C=O) groups excluding carboxylic acids is 1. The maximum Gasteiger partial charge on any atom is 0.243 e. The van der Waals surface area contributed by atoms with E-state index in [0.717, 1.165) is 4.31 Å². The van der Waals surface area contributed by atoms with Crippen molar-refractivity contribution in [1.82, 2.24) is 4.31 Å². The third-order valence-electron chi connectivity index (χ3n) is 3.04. The van der Waals surface area contributed by atoms with Crippen LogP contribution in [0.2, 0.25) is 10.0 Å². The number of nitrogens with one attached hydrogen (secondary N) is 1. The van der Waals surface area contributed by atoms with Crippen LogP contribution < -0.4 is 5.32 Å². The van der Waals surface area contributed by atoms with Crippen LogP contribution in [0.4, 0.5) is 5.69 Å². The maximum absolute atomic E-state index is 12.3. The maximum atomic E-state index is 12.3. The van der Waals surface area contributed by atoms with E-state index in [-0.39, 0.29) is 27.2 Å². The molecule has 2 aromatic rings. The van der Waals surface area contributed by atoms with Crippen molar-refractivity contribution in [3.05, 3.63) is 58.6 Å². The Morgan fingerprint density at radius 2 is 1.61 bits per heavy atom. The van der Waals surface area contributed by atoms with Gasteiger partial charge < -0.3 is 5.32 Å². The molecule has 0 fully saturated rings. The number of hydrogen-bond acceptors (Lipinski definition) is 3. The van der Waals surface area contributed by atoms with Gasteiger partial charge in [-0.15, -0.1) is 0 Å². The molecule has 2 rings (SSSR count). The number of para-hydroxylation sites is 1. The van der Waals surface area contributed by atoms with E-state index in [1.54, 1.807) is 36.4 Å². The van der Waals surface area contributed by atoms with E-state index in [4.69, 9.17) is 23.2 Å². The lowest BCUT2D eigenvalue weighted by Gasteiger charge is -2.17. The molecule has 0 aliphatic rings. The summed E-state index contributed by atoms with van der Waals surface area (Å²) >= 11 is 11.9. The lowest BCUT2D eigenvalue weighted by molar-refractivity contribution is -0.116. The van der Waals surface area contributed by atoms with Gasteiger partial charge in [-0.05, 0) is 24.3 Å². The van der Waals surface area contributed by atoms with Gasteiger partial charge in [0.25, 0.3) is 0 Å². The van der Waals surface area contributed by atoms with Gasteiger partial charge in [0.05, 0.1) is 27.2 Å². The molecule has 0 saturated heterocycles. The second-order valence-corrected chi connectivity index (χ2v) is 7.58. The van der Waals surface area contributed by atoms with Gasteiger partial charge in [-0.3, -0.25) is 4.79 Å². The fourth-order valence-corrected chi connectivity index (χ4v) is 3.50. The zero-order valence-electron chi connectivity index (χ0n) is 12.2. The number of carbonyl (C=O) groups is 1. The minimum atomic E-state index is -3.74. The summed E-state index contributed by atoms with van der Waals surface area (Å²) in [7, 11) is -2.41. The summed E-state index contributed by atoms with van der Waals surface area (Å²) in [5.74, 6) is -0.540. The van der Waals surface area contributed by atoms with Crippen molar-refractivity contribution in [2.75, 3.05) is 18.9 Å². The van der Waals surface area contributed by atoms with Crippen LogP contribution in [0.15, 0.2) is 53.4 Å².